The van der Waals surface area contributed by atoms with Crippen molar-refractivity contribution in [3.8, 4) is 0 Å². The number of carbonyl (C=O) groups is 1. The molecule has 0 radical (unpaired) electrons. The first-order chi connectivity index (χ1) is 9.44. The summed E-state index contributed by atoms with van der Waals surface area (Å²) in [4.78, 5) is 16.6. The van der Waals surface area contributed by atoms with Crippen molar-refractivity contribution in [3.63, 3.8) is 0 Å². The number of likely N-dealkylation sites (N-methyl/N-ethyl adjacent to an activating group) is 1. The molecule has 0 unspecified atom stereocenters. The third kappa shape index (κ3) is 3.27. The standard InChI is InChI=1S/C13H23N5OS/c1-5-6-14-12-16-15-10(20-12)11(19)18-8-7-17(4)13(2,3)9-18/h5-9H2,1-4H3,(H,14,16). The van der Waals surface area contributed by atoms with Gasteiger partial charge in [-0.25, -0.2) is 0 Å². The first-order valence-electron chi connectivity index (χ1n) is 7.02. The summed E-state index contributed by atoms with van der Waals surface area (Å²) in [5, 5.41) is 12.4. The minimum atomic E-state index is -0.00627. The van der Waals surface area contributed by atoms with Crippen LogP contribution in [-0.2, 0) is 0 Å². The maximum absolute atomic E-state index is 12.5. The molecule has 1 aliphatic heterocycles. The van der Waals surface area contributed by atoms with Gasteiger partial charge >= 0.3 is 0 Å². The van der Waals surface area contributed by atoms with Crippen LogP contribution in [0, 0.1) is 0 Å². The Bertz CT molecular complexity index is 473. The third-order valence-corrected chi connectivity index (χ3v) is 4.61. The molecule has 1 aromatic heterocycles. The van der Waals surface area contributed by atoms with E-state index < -0.39 is 0 Å². The number of hydrogen-bond acceptors (Lipinski definition) is 6. The highest BCUT2D eigenvalue weighted by Crippen LogP contribution is 2.22. The Balaban J connectivity index is 2.02. The van der Waals surface area contributed by atoms with Gasteiger partial charge in [0, 0.05) is 31.7 Å². The predicted octanol–water partition coefficient (Wildman–Crippen LogP) is 1.53. The van der Waals surface area contributed by atoms with Crippen LogP contribution >= 0.6 is 11.3 Å². The Morgan fingerprint density at radius 2 is 2.15 bits per heavy atom. The van der Waals surface area contributed by atoms with Crippen LogP contribution in [0.25, 0.3) is 0 Å². The molecular weight excluding hydrogens is 274 g/mol. The van der Waals surface area contributed by atoms with E-state index in [1.165, 1.54) is 11.3 Å². The average molecular weight is 297 g/mol. The normalized spacial score (nSPS) is 19.1. The topological polar surface area (TPSA) is 61.4 Å². The molecule has 0 bridgehead atoms. The van der Waals surface area contributed by atoms with Crippen LogP contribution in [0.4, 0.5) is 5.13 Å². The van der Waals surface area contributed by atoms with Crippen LogP contribution in [-0.4, -0.2) is 64.7 Å². The summed E-state index contributed by atoms with van der Waals surface area (Å²) in [6, 6.07) is 0. The molecule has 2 heterocycles. The molecule has 2 rings (SSSR count). The summed E-state index contributed by atoms with van der Waals surface area (Å²) < 4.78 is 0. The van der Waals surface area contributed by atoms with Crippen LogP contribution in [0.1, 0.15) is 37.0 Å². The lowest BCUT2D eigenvalue weighted by Crippen LogP contribution is -2.58. The fourth-order valence-electron chi connectivity index (χ4n) is 2.16. The van der Waals surface area contributed by atoms with E-state index in [0.29, 0.717) is 5.01 Å². The van der Waals surface area contributed by atoms with Gasteiger partial charge in [-0.2, -0.15) is 0 Å². The molecule has 1 fully saturated rings. The summed E-state index contributed by atoms with van der Waals surface area (Å²) in [6.45, 7) is 9.60. The van der Waals surface area contributed by atoms with Crippen LogP contribution in [0.3, 0.4) is 0 Å². The van der Waals surface area contributed by atoms with E-state index in [9.17, 15) is 4.79 Å². The van der Waals surface area contributed by atoms with E-state index in [4.69, 9.17) is 0 Å². The molecule has 112 valence electrons. The van der Waals surface area contributed by atoms with Crippen molar-refractivity contribution in [1.29, 1.82) is 0 Å². The van der Waals surface area contributed by atoms with Crippen molar-refractivity contribution in [2.24, 2.45) is 0 Å². The summed E-state index contributed by atoms with van der Waals surface area (Å²) in [7, 11) is 2.10. The molecular formula is C13H23N5OS. The van der Waals surface area contributed by atoms with Crippen LogP contribution in [0.2, 0.25) is 0 Å². The summed E-state index contributed by atoms with van der Waals surface area (Å²) >= 11 is 1.34. The SMILES string of the molecule is CCCNc1nnc(C(=O)N2CCN(C)C(C)(C)C2)s1. The zero-order chi connectivity index (χ0) is 14.8. The van der Waals surface area contributed by atoms with Gasteiger partial charge in [0.25, 0.3) is 5.91 Å². The Labute approximate surface area is 124 Å². The van der Waals surface area contributed by atoms with Crippen molar-refractivity contribution in [2.45, 2.75) is 32.7 Å². The lowest BCUT2D eigenvalue weighted by molar-refractivity contribution is 0.0310. The fraction of sp³-hybridized carbons (Fsp3) is 0.769. The van der Waals surface area contributed by atoms with E-state index in [0.717, 1.165) is 37.7 Å². The molecule has 20 heavy (non-hydrogen) atoms. The number of nitrogens with one attached hydrogen (secondary N) is 1. The molecule has 1 amide bonds. The average Bonchev–Trinajstić information content (AvgIpc) is 2.87. The second-order valence-electron chi connectivity index (χ2n) is 5.80. The number of carbonyl (C=O) groups excluding carboxylic acids is 1. The van der Waals surface area contributed by atoms with Crippen molar-refractivity contribution in [1.82, 2.24) is 20.0 Å². The van der Waals surface area contributed by atoms with Gasteiger partial charge in [0.05, 0.1) is 0 Å². The van der Waals surface area contributed by atoms with Gasteiger partial charge in [0.2, 0.25) is 10.1 Å². The second kappa shape index (κ2) is 6.05. The fourth-order valence-corrected chi connectivity index (χ4v) is 2.90. The molecule has 1 aromatic rings. The second-order valence-corrected chi connectivity index (χ2v) is 6.78. The molecule has 0 atom stereocenters. The van der Waals surface area contributed by atoms with E-state index in [-0.39, 0.29) is 11.4 Å². The maximum Gasteiger partial charge on any atom is 0.285 e. The predicted molar refractivity (Wildman–Crippen MR) is 81.3 cm³/mol. The van der Waals surface area contributed by atoms with Gasteiger partial charge in [-0.05, 0) is 27.3 Å². The first-order valence-corrected chi connectivity index (χ1v) is 7.83. The zero-order valence-corrected chi connectivity index (χ0v) is 13.5. The number of nitrogens with zero attached hydrogens (tertiary/aromatic N) is 4. The highest BCUT2D eigenvalue weighted by Gasteiger charge is 2.34. The summed E-state index contributed by atoms with van der Waals surface area (Å²) in [6.07, 6.45) is 1.02. The largest absolute Gasteiger partial charge is 0.360 e. The van der Waals surface area contributed by atoms with Gasteiger partial charge in [-0.1, -0.05) is 18.3 Å². The number of piperazine rings is 1. The van der Waals surface area contributed by atoms with Crippen molar-refractivity contribution >= 4 is 22.4 Å². The van der Waals surface area contributed by atoms with E-state index in [1.807, 2.05) is 4.90 Å². The van der Waals surface area contributed by atoms with Crippen molar-refractivity contribution < 1.29 is 4.79 Å². The maximum atomic E-state index is 12.5. The molecule has 0 spiro atoms. The number of anilines is 1. The molecule has 0 aliphatic carbocycles. The number of hydrogen-bond donors (Lipinski definition) is 1. The monoisotopic (exact) mass is 297 g/mol. The van der Waals surface area contributed by atoms with Crippen LogP contribution in [0.5, 0.6) is 0 Å². The molecule has 7 heteroatoms. The molecule has 0 aromatic carbocycles. The molecule has 1 aliphatic rings. The van der Waals surface area contributed by atoms with Gasteiger partial charge < -0.3 is 10.2 Å². The van der Waals surface area contributed by atoms with E-state index >= 15 is 0 Å². The summed E-state index contributed by atoms with van der Waals surface area (Å²) in [5.41, 5.74) is 0.00187. The van der Waals surface area contributed by atoms with Crippen LogP contribution in [0.15, 0.2) is 0 Å². The molecule has 1 saturated heterocycles. The zero-order valence-electron chi connectivity index (χ0n) is 12.6. The molecule has 6 nitrogen and oxygen atoms in total. The smallest absolute Gasteiger partial charge is 0.285 e. The minimum absolute atomic E-state index is 0.00187. The highest BCUT2D eigenvalue weighted by molar-refractivity contribution is 7.17. The quantitative estimate of drug-likeness (QED) is 0.913. The van der Waals surface area contributed by atoms with Gasteiger partial charge in [0.15, 0.2) is 0 Å². The minimum Gasteiger partial charge on any atom is -0.360 e. The van der Waals surface area contributed by atoms with Gasteiger partial charge in [-0.3, -0.25) is 9.69 Å². The van der Waals surface area contributed by atoms with E-state index in [2.05, 4.69) is 48.2 Å². The lowest BCUT2D eigenvalue weighted by atomic mass is 10.00. The van der Waals surface area contributed by atoms with E-state index in [1.54, 1.807) is 0 Å². The lowest BCUT2D eigenvalue weighted by Gasteiger charge is -2.45. The molecule has 0 saturated carbocycles. The van der Waals surface area contributed by atoms with Crippen molar-refractivity contribution in [2.75, 3.05) is 38.5 Å². The van der Waals surface area contributed by atoms with Crippen molar-refractivity contribution in [3.05, 3.63) is 5.01 Å². The van der Waals surface area contributed by atoms with Crippen LogP contribution < -0.4 is 5.32 Å². The summed E-state index contributed by atoms with van der Waals surface area (Å²) in [5.74, 6) is -0.00627. The number of aromatic nitrogens is 2. The van der Waals surface area contributed by atoms with Gasteiger partial charge in [0.1, 0.15) is 0 Å². The third-order valence-electron chi connectivity index (χ3n) is 3.74. The number of rotatable bonds is 4. The first kappa shape index (κ1) is 15.2. The Morgan fingerprint density at radius 1 is 1.40 bits per heavy atom. The number of amides is 1. The van der Waals surface area contributed by atoms with Gasteiger partial charge in [-0.15, -0.1) is 10.2 Å². The molecule has 1 N–H and O–H groups in total. The Kier molecular flexibility index (Phi) is 4.59. The Hall–Kier alpha value is -1.21. The highest BCUT2D eigenvalue weighted by atomic mass is 32.1. The Morgan fingerprint density at radius 3 is 2.80 bits per heavy atom.